The van der Waals surface area contributed by atoms with E-state index in [0.717, 1.165) is 11.5 Å². The van der Waals surface area contributed by atoms with Crippen LogP contribution >= 0.6 is 0 Å². The molecule has 112 valence electrons. The van der Waals surface area contributed by atoms with Crippen LogP contribution in [0.1, 0.15) is 11.1 Å². The van der Waals surface area contributed by atoms with E-state index < -0.39 is 0 Å². The molecule has 0 spiro atoms. The van der Waals surface area contributed by atoms with Crippen molar-refractivity contribution in [3.8, 4) is 22.6 Å². The van der Waals surface area contributed by atoms with Crippen LogP contribution in [0.25, 0.3) is 21.9 Å². The van der Waals surface area contributed by atoms with Crippen LogP contribution in [-0.4, -0.2) is 14.2 Å². The van der Waals surface area contributed by atoms with Crippen molar-refractivity contribution in [3.63, 3.8) is 0 Å². The van der Waals surface area contributed by atoms with Gasteiger partial charge in [0.15, 0.2) is 0 Å². The van der Waals surface area contributed by atoms with Gasteiger partial charge >= 0.3 is 0 Å². The molecule has 3 rings (SSSR count). The third-order valence-corrected chi connectivity index (χ3v) is 4.27. The molecule has 0 aromatic heterocycles. The Morgan fingerprint density at radius 1 is 0.682 bits per heavy atom. The van der Waals surface area contributed by atoms with E-state index in [1.807, 2.05) is 18.2 Å². The number of rotatable bonds is 3. The van der Waals surface area contributed by atoms with Gasteiger partial charge in [-0.05, 0) is 71.1 Å². The summed E-state index contributed by atoms with van der Waals surface area (Å²) < 4.78 is 10.6. The molecule has 2 nitrogen and oxygen atoms in total. The largest absolute Gasteiger partial charge is 0.497 e. The minimum Gasteiger partial charge on any atom is -0.497 e. The lowest BCUT2D eigenvalue weighted by Crippen LogP contribution is -1.91. The van der Waals surface area contributed by atoms with E-state index in [9.17, 15) is 0 Å². The molecule has 22 heavy (non-hydrogen) atoms. The Labute approximate surface area is 131 Å². The second-order valence-corrected chi connectivity index (χ2v) is 5.51. The van der Waals surface area contributed by atoms with E-state index in [2.05, 4.69) is 44.2 Å². The van der Waals surface area contributed by atoms with Crippen molar-refractivity contribution in [2.24, 2.45) is 0 Å². The van der Waals surface area contributed by atoms with Crippen LogP contribution in [-0.2, 0) is 0 Å². The molecule has 3 aromatic carbocycles. The number of benzene rings is 3. The zero-order chi connectivity index (χ0) is 15.7. The monoisotopic (exact) mass is 292 g/mol. The lowest BCUT2D eigenvalue weighted by molar-refractivity contribution is 0.415. The molecule has 0 aliphatic heterocycles. The lowest BCUT2D eigenvalue weighted by atomic mass is 9.92. The third kappa shape index (κ3) is 2.41. The van der Waals surface area contributed by atoms with Gasteiger partial charge in [-0.25, -0.2) is 0 Å². The topological polar surface area (TPSA) is 18.5 Å². The van der Waals surface area contributed by atoms with Crippen LogP contribution < -0.4 is 9.47 Å². The zero-order valence-electron chi connectivity index (χ0n) is 13.4. The molecule has 0 fully saturated rings. The maximum atomic E-state index is 5.38. The molecule has 0 aliphatic rings. The summed E-state index contributed by atoms with van der Waals surface area (Å²) in [6.07, 6.45) is 0. The fourth-order valence-corrected chi connectivity index (χ4v) is 2.82. The normalized spacial score (nSPS) is 10.7. The minimum atomic E-state index is 0.874. The van der Waals surface area contributed by atoms with Crippen molar-refractivity contribution in [2.45, 2.75) is 13.8 Å². The van der Waals surface area contributed by atoms with Crippen LogP contribution in [0.4, 0.5) is 0 Å². The van der Waals surface area contributed by atoms with Crippen LogP contribution in [0.3, 0.4) is 0 Å². The molecule has 0 unspecified atom stereocenters. The first-order chi connectivity index (χ1) is 10.6. The quantitative estimate of drug-likeness (QED) is 0.665. The second kappa shape index (κ2) is 5.72. The van der Waals surface area contributed by atoms with Gasteiger partial charge in [0.1, 0.15) is 11.5 Å². The Balaban J connectivity index is 2.26. The maximum Gasteiger partial charge on any atom is 0.119 e. The molecule has 2 heteroatoms. The molecule has 0 atom stereocenters. The molecule has 0 saturated carbocycles. The van der Waals surface area contributed by atoms with Gasteiger partial charge in [0.2, 0.25) is 0 Å². The minimum absolute atomic E-state index is 0.874. The molecular weight excluding hydrogens is 272 g/mol. The van der Waals surface area contributed by atoms with Crippen molar-refractivity contribution < 1.29 is 9.47 Å². The fraction of sp³-hybridized carbons (Fsp3) is 0.200. The Bertz CT molecular complexity index is 817. The highest BCUT2D eigenvalue weighted by Gasteiger charge is 2.10. The standard InChI is InChI=1S/C20H20O2/c1-13-11-20(15-5-7-16(21-3)8-6-15)18-10-9-17(22-4)12-19(18)14(13)2/h5-12H,1-4H3. The maximum absolute atomic E-state index is 5.38. The highest BCUT2D eigenvalue weighted by Crippen LogP contribution is 2.35. The molecule has 0 aliphatic carbocycles. The van der Waals surface area contributed by atoms with E-state index in [4.69, 9.17) is 9.47 Å². The lowest BCUT2D eigenvalue weighted by Gasteiger charge is -2.14. The smallest absolute Gasteiger partial charge is 0.119 e. The summed E-state index contributed by atoms with van der Waals surface area (Å²) in [5, 5.41) is 2.49. The highest BCUT2D eigenvalue weighted by molar-refractivity contribution is 6.00. The molecule has 0 N–H and O–H groups in total. The summed E-state index contributed by atoms with van der Waals surface area (Å²) in [5.41, 5.74) is 5.01. The van der Waals surface area contributed by atoms with Gasteiger partial charge in [0.25, 0.3) is 0 Å². The fourth-order valence-electron chi connectivity index (χ4n) is 2.82. The number of ether oxygens (including phenoxy) is 2. The SMILES string of the molecule is COc1ccc(-c2cc(C)c(C)c3cc(OC)ccc23)cc1. The van der Waals surface area contributed by atoms with Crippen molar-refractivity contribution in [3.05, 3.63) is 59.7 Å². The van der Waals surface area contributed by atoms with Crippen LogP contribution in [0.2, 0.25) is 0 Å². The Morgan fingerprint density at radius 3 is 1.95 bits per heavy atom. The Kier molecular flexibility index (Phi) is 3.76. The summed E-state index contributed by atoms with van der Waals surface area (Å²) in [7, 11) is 3.39. The molecule has 0 saturated heterocycles. The third-order valence-electron chi connectivity index (χ3n) is 4.27. The molecule has 0 heterocycles. The summed E-state index contributed by atoms with van der Waals surface area (Å²) in [5.74, 6) is 1.76. The summed E-state index contributed by atoms with van der Waals surface area (Å²) in [4.78, 5) is 0. The van der Waals surface area contributed by atoms with E-state index in [1.54, 1.807) is 14.2 Å². The average molecular weight is 292 g/mol. The van der Waals surface area contributed by atoms with Crippen LogP contribution in [0.15, 0.2) is 48.5 Å². The van der Waals surface area contributed by atoms with Gasteiger partial charge < -0.3 is 9.47 Å². The Morgan fingerprint density at radius 2 is 1.32 bits per heavy atom. The van der Waals surface area contributed by atoms with Crippen LogP contribution in [0, 0.1) is 13.8 Å². The molecular formula is C20H20O2. The summed E-state index contributed by atoms with van der Waals surface area (Å²) >= 11 is 0. The Hall–Kier alpha value is -2.48. The first kappa shape index (κ1) is 14.5. The highest BCUT2D eigenvalue weighted by atomic mass is 16.5. The number of hydrogen-bond acceptors (Lipinski definition) is 2. The number of hydrogen-bond donors (Lipinski definition) is 0. The number of methoxy groups -OCH3 is 2. The van der Waals surface area contributed by atoms with Crippen molar-refractivity contribution in [1.29, 1.82) is 0 Å². The van der Waals surface area contributed by atoms with Crippen molar-refractivity contribution >= 4 is 10.8 Å². The van der Waals surface area contributed by atoms with Gasteiger partial charge in [-0.1, -0.05) is 24.3 Å². The predicted octanol–water partition coefficient (Wildman–Crippen LogP) is 5.14. The first-order valence-electron chi connectivity index (χ1n) is 7.36. The average Bonchev–Trinajstić information content (AvgIpc) is 2.58. The summed E-state index contributed by atoms with van der Waals surface area (Å²) in [6, 6.07) is 16.7. The van der Waals surface area contributed by atoms with E-state index in [0.29, 0.717) is 0 Å². The number of aryl methyl sites for hydroxylation is 2. The second-order valence-electron chi connectivity index (χ2n) is 5.51. The zero-order valence-corrected chi connectivity index (χ0v) is 13.4. The van der Waals surface area contributed by atoms with E-state index in [1.165, 1.54) is 33.0 Å². The predicted molar refractivity (Wildman–Crippen MR) is 92.0 cm³/mol. The molecule has 0 bridgehead atoms. The van der Waals surface area contributed by atoms with Gasteiger partial charge in [0.05, 0.1) is 14.2 Å². The first-order valence-corrected chi connectivity index (χ1v) is 7.36. The summed E-state index contributed by atoms with van der Waals surface area (Å²) in [6.45, 7) is 4.32. The van der Waals surface area contributed by atoms with Crippen molar-refractivity contribution in [2.75, 3.05) is 14.2 Å². The van der Waals surface area contributed by atoms with Gasteiger partial charge in [-0.2, -0.15) is 0 Å². The number of fused-ring (bicyclic) bond motifs is 1. The van der Waals surface area contributed by atoms with Gasteiger partial charge in [0, 0.05) is 0 Å². The molecule has 0 amide bonds. The molecule has 0 radical (unpaired) electrons. The van der Waals surface area contributed by atoms with Crippen molar-refractivity contribution in [1.82, 2.24) is 0 Å². The van der Waals surface area contributed by atoms with E-state index >= 15 is 0 Å². The van der Waals surface area contributed by atoms with Crippen LogP contribution in [0.5, 0.6) is 11.5 Å². The van der Waals surface area contributed by atoms with Gasteiger partial charge in [-0.3, -0.25) is 0 Å². The van der Waals surface area contributed by atoms with E-state index in [-0.39, 0.29) is 0 Å². The molecule has 3 aromatic rings. The van der Waals surface area contributed by atoms with Gasteiger partial charge in [-0.15, -0.1) is 0 Å².